The first kappa shape index (κ1) is 31.3. The van der Waals surface area contributed by atoms with Crippen molar-refractivity contribution in [1.29, 1.82) is 0 Å². The molecule has 0 saturated heterocycles. The van der Waals surface area contributed by atoms with Crippen LogP contribution in [0.5, 0.6) is 11.5 Å². The monoisotopic (exact) mass is 895 g/mol. The third kappa shape index (κ3) is 5.67. The van der Waals surface area contributed by atoms with Crippen LogP contribution >= 0.6 is 11.3 Å². The molecule has 10 aromatic rings. The summed E-state index contributed by atoms with van der Waals surface area (Å²) in [6.45, 7) is -5.97. The topological polar surface area (TPSA) is 39.4 Å². The highest BCUT2D eigenvalue weighted by Gasteiger charge is 2.39. The molecule has 6 heteroatoms. The first-order valence-corrected chi connectivity index (χ1v) is 26.1. The van der Waals surface area contributed by atoms with E-state index in [1.54, 1.807) is 24.3 Å². The number of nitrogens with zero attached hydrogens (tertiary/aromatic N) is 3. The fourth-order valence-corrected chi connectivity index (χ4v) is 15.0. The SMILES string of the molecule is [2H]C1(c2cc3c(cc2-c2cccc4c2Oc2ccc(-c5c(C6([2H])CCCC6)ccc6c5sc5nc7ccccc7n56)cc2[Si]4(C([2H])([2H])[2H])C([2H])([2H])[2H])-c2ccccc2-c2ncccc2-c2ccccc2-3)CCCC1. The van der Waals surface area contributed by atoms with E-state index < -0.39 is 32.8 Å². The number of para-hydroxylation sites is 3. The van der Waals surface area contributed by atoms with Gasteiger partial charge in [0.05, 0.1) is 26.9 Å². The zero-order valence-corrected chi connectivity index (χ0v) is 38.1. The van der Waals surface area contributed by atoms with Crippen molar-refractivity contribution in [1.82, 2.24) is 14.4 Å². The second-order valence-corrected chi connectivity index (χ2v) is 22.0. The minimum atomic E-state index is -4.94. The summed E-state index contributed by atoms with van der Waals surface area (Å²) in [5.41, 5.74) is 14.9. The molecule has 3 aromatic heterocycles. The van der Waals surface area contributed by atoms with E-state index in [0.29, 0.717) is 36.8 Å². The minimum Gasteiger partial charge on any atom is -0.457 e. The van der Waals surface area contributed by atoms with Gasteiger partial charge in [-0.2, -0.15) is 0 Å². The van der Waals surface area contributed by atoms with E-state index in [0.717, 1.165) is 119 Å². The van der Waals surface area contributed by atoms with Crippen molar-refractivity contribution in [2.24, 2.45) is 0 Å². The Morgan fingerprint density at radius 2 is 1.27 bits per heavy atom. The molecule has 320 valence electrons. The average Bonchev–Trinajstić information content (AvgIpc) is 4.23. The van der Waals surface area contributed by atoms with Crippen molar-refractivity contribution in [3.63, 3.8) is 0 Å². The molecule has 4 nitrogen and oxygen atoms in total. The lowest BCUT2D eigenvalue weighted by molar-refractivity contribution is 0.488. The van der Waals surface area contributed by atoms with E-state index in [4.69, 9.17) is 14.7 Å². The molecular formula is C60H49N3OSSi. The number of imidazole rings is 1. The van der Waals surface area contributed by atoms with Gasteiger partial charge >= 0.3 is 0 Å². The van der Waals surface area contributed by atoms with Crippen LogP contribution in [-0.4, -0.2) is 22.4 Å². The third-order valence-electron chi connectivity index (χ3n) is 14.8. The van der Waals surface area contributed by atoms with Crippen molar-refractivity contribution in [3.05, 3.63) is 163 Å². The Morgan fingerprint density at radius 1 is 0.591 bits per heavy atom. The third-order valence-corrected chi connectivity index (χ3v) is 18.3. The summed E-state index contributed by atoms with van der Waals surface area (Å²) < 4.78 is 88.1. The summed E-state index contributed by atoms with van der Waals surface area (Å²) in [6.07, 6.45) is 8.06. The van der Waals surface area contributed by atoms with Gasteiger partial charge < -0.3 is 4.74 Å². The van der Waals surface area contributed by atoms with E-state index in [1.807, 2.05) is 66.9 Å². The Morgan fingerprint density at radius 3 is 2.08 bits per heavy atom. The molecule has 1 aliphatic heterocycles. The summed E-state index contributed by atoms with van der Waals surface area (Å²) in [4.78, 5) is 10.8. The number of ether oxygens (including phenoxy) is 1. The fourth-order valence-electron chi connectivity index (χ4n) is 11.7. The molecule has 4 aliphatic rings. The predicted octanol–water partition coefficient (Wildman–Crippen LogP) is 15.7. The van der Waals surface area contributed by atoms with Crippen LogP contribution in [0.3, 0.4) is 0 Å². The van der Waals surface area contributed by atoms with Crippen molar-refractivity contribution in [2.75, 3.05) is 0 Å². The first-order chi connectivity index (χ1) is 35.7. The Balaban J connectivity index is 1.03. The lowest BCUT2D eigenvalue weighted by Gasteiger charge is -2.35. The van der Waals surface area contributed by atoms with E-state index in [1.165, 1.54) is 11.3 Å². The average molecular weight is 896 g/mol. The van der Waals surface area contributed by atoms with Gasteiger partial charge in [-0.25, -0.2) is 4.98 Å². The molecule has 0 unspecified atom stereocenters. The molecular weight excluding hydrogens is 839 g/mol. The van der Waals surface area contributed by atoms with Crippen molar-refractivity contribution in [2.45, 2.75) is 76.1 Å². The number of pyridine rings is 1. The zero-order chi connectivity index (χ0) is 50.5. The van der Waals surface area contributed by atoms with Crippen LogP contribution in [0, 0.1) is 0 Å². The Bertz CT molecular complexity index is 3980. The van der Waals surface area contributed by atoms with Gasteiger partial charge in [0.25, 0.3) is 0 Å². The number of thiazole rings is 1. The molecule has 0 bridgehead atoms. The molecule has 0 amide bonds. The molecule has 0 atom stereocenters. The van der Waals surface area contributed by atoms with Gasteiger partial charge in [0.1, 0.15) is 19.6 Å². The normalized spacial score (nSPS) is 19.4. The lowest BCUT2D eigenvalue weighted by Crippen LogP contribution is -2.56. The fraction of sp³-hybridized carbons (Fsp3) is 0.200. The van der Waals surface area contributed by atoms with Crippen LogP contribution in [-0.2, 0) is 0 Å². The van der Waals surface area contributed by atoms with E-state index >= 15 is 0 Å². The summed E-state index contributed by atoms with van der Waals surface area (Å²) >= 11 is 1.54. The molecule has 7 aromatic carbocycles. The van der Waals surface area contributed by atoms with Gasteiger partial charge in [-0.15, -0.1) is 0 Å². The Kier molecular flexibility index (Phi) is 6.98. The summed E-state index contributed by atoms with van der Waals surface area (Å²) in [6, 6.07) is 48.1. The first-order valence-electron chi connectivity index (χ1n) is 27.3. The smallest absolute Gasteiger partial charge is 0.195 e. The second-order valence-electron chi connectivity index (χ2n) is 18.5. The van der Waals surface area contributed by atoms with Gasteiger partial charge in [0.15, 0.2) is 4.96 Å². The molecule has 0 N–H and O–H groups in total. The number of rotatable bonds is 4. The molecule has 2 saturated carbocycles. The van der Waals surface area contributed by atoms with Crippen molar-refractivity contribution < 1.29 is 15.7 Å². The number of hydrogen-bond acceptors (Lipinski definition) is 4. The van der Waals surface area contributed by atoms with Crippen LogP contribution in [0.15, 0.2) is 152 Å². The lowest BCUT2D eigenvalue weighted by atomic mass is 9.78. The number of fused-ring (bicyclic) bond motifs is 15. The van der Waals surface area contributed by atoms with Crippen molar-refractivity contribution >= 4 is 56.0 Å². The molecule has 0 spiro atoms. The van der Waals surface area contributed by atoms with Crippen molar-refractivity contribution in [3.8, 4) is 78.4 Å². The van der Waals surface area contributed by atoms with E-state index in [9.17, 15) is 11.0 Å². The van der Waals surface area contributed by atoms with Gasteiger partial charge in [-0.1, -0.05) is 153 Å². The minimum absolute atomic E-state index is 0.180. The quantitative estimate of drug-likeness (QED) is 0.165. The van der Waals surface area contributed by atoms with Gasteiger partial charge in [-0.05, 0) is 140 Å². The molecule has 0 radical (unpaired) electrons. The van der Waals surface area contributed by atoms with E-state index in [2.05, 4.69) is 65.1 Å². The number of benzene rings is 7. The highest BCUT2D eigenvalue weighted by molar-refractivity contribution is 7.24. The van der Waals surface area contributed by atoms with Crippen LogP contribution < -0.4 is 15.1 Å². The van der Waals surface area contributed by atoms with E-state index in [-0.39, 0.29) is 21.9 Å². The standard InChI is InChI=1S/C60H49N3OSSi/c1-66(2)54-27-13-23-45(49-35-48-42-21-9-10-22-43(42)57-44(24-14-32-61-57)40-19-7-8-20-41(40)47(48)34-46(49)37-17-5-6-18-37)58(54)64-53-31-28-38(33-55(53)66)56-39(36-15-3-4-16-36)29-30-52-59(56)65-60-62-50-25-11-12-26-51(50)63(52)60/h7-14,19-37H,3-6,15-18H2,1-2H3/i1D3,2D3,36D,37D. The van der Waals surface area contributed by atoms with Crippen LogP contribution in [0.2, 0.25) is 13.0 Å². The number of aromatic nitrogens is 3. The molecule has 4 heterocycles. The maximum Gasteiger partial charge on any atom is 0.195 e. The summed E-state index contributed by atoms with van der Waals surface area (Å²) in [5, 5.41) is 0.363. The van der Waals surface area contributed by atoms with Crippen LogP contribution in [0.1, 0.15) is 85.2 Å². The Hall–Kier alpha value is -6.60. The molecule has 2 fully saturated rings. The summed E-state index contributed by atoms with van der Waals surface area (Å²) in [5.74, 6) is -1.47. The molecule has 14 rings (SSSR count). The Labute approximate surface area is 401 Å². The molecule has 3 aliphatic carbocycles. The maximum atomic E-state index is 10.3. The largest absolute Gasteiger partial charge is 0.457 e. The highest BCUT2D eigenvalue weighted by Crippen LogP contribution is 2.53. The molecule has 66 heavy (non-hydrogen) atoms. The highest BCUT2D eigenvalue weighted by atomic mass is 32.1. The summed E-state index contributed by atoms with van der Waals surface area (Å²) in [7, 11) is -4.94. The maximum absolute atomic E-state index is 10.3. The zero-order valence-electron chi connectivity index (χ0n) is 44.2. The van der Waals surface area contributed by atoms with Gasteiger partial charge in [0, 0.05) is 39.4 Å². The van der Waals surface area contributed by atoms with Crippen LogP contribution in [0.25, 0.3) is 93.1 Å². The second kappa shape index (κ2) is 14.7. The predicted molar refractivity (Wildman–Crippen MR) is 278 cm³/mol. The number of hydrogen-bond donors (Lipinski definition) is 0. The van der Waals surface area contributed by atoms with Gasteiger partial charge in [-0.3, -0.25) is 9.38 Å². The van der Waals surface area contributed by atoms with Crippen LogP contribution in [0.4, 0.5) is 0 Å². The van der Waals surface area contributed by atoms with Gasteiger partial charge in [0.2, 0.25) is 0 Å².